The molecule has 1 unspecified atom stereocenters. The van der Waals surface area contributed by atoms with E-state index < -0.39 is 0 Å². The number of fused-ring (bicyclic) bond motifs is 1. The molecule has 0 radical (unpaired) electrons. The van der Waals surface area contributed by atoms with Gasteiger partial charge in [-0.15, -0.1) is 0 Å². The summed E-state index contributed by atoms with van der Waals surface area (Å²) in [5.74, 6) is 0.493. The molecule has 5 heteroatoms. The van der Waals surface area contributed by atoms with E-state index in [1.54, 1.807) is 7.11 Å². The van der Waals surface area contributed by atoms with Gasteiger partial charge in [0.15, 0.2) is 0 Å². The van der Waals surface area contributed by atoms with E-state index in [4.69, 9.17) is 9.47 Å². The summed E-state index contributed by atoms with van der Waals surface area (Å²) in [5.41, 5.74) is 3.71. The molecule has 0 spiro atoms. The van der Waals surface area contributed by atoms with E-state index in [0.717, 1.165) is 42.2 Å². The highest BCUT2D eigenvalue weighted by Gasteiger charge is 2.30. The molecule has 26 heavy (non-hydrogen) atoms. The van der Waals surface area contributed by atoms with E-state index in [1.165, 1.54) is 0 Å². The predicted molar refractivity (Wildman–Crippen MR) is 101 cm³/mol. The van der Waals surface area contributed by atoms with Crippen molar-refractivity contribution in [3.63, 3.8) is 0 Å². The quantitative estimate of drug-likeness (QED) is 0.861. The summed E-state index contributed by atoms with van der Waals surface area (Å²) in [6.45, 7) is 5.02. The van der Waals surface area contributed by atoms with Gasteiger partial charge in [-0.05, 0) is 30.7 Å². The Morgan fingerprint density at radius 1 is 1.23 bits per heavy atom. The van der Waals surface area contributed by atoms with Crippen molar-refractivity contribution in [2.75, 3.05) is 31.6 Å². The zero-order chi connectivity index (χ0) is 18.1. The molecule has 2 aliphatic rings. The number of nitrogens with one attached hydrogen (secondary N) is 1. The lowest BCUT2D eigenvalue weighted by Crippen LogP contribution is -2.49. The van der Waals surface area contributed by atoms with Gasteiger partial charge in [-0.25, -0.2) is 4.79 Å². The molecular weight excluding hydrogens is 328 g/mol. The lowest BCUT2D eigenvalue weighted by molar-refractivity contribution is 0.0248. The molecule has 2 heterocycles. The summed E-state index contributed by atoms with van der Waals surface area (Å²) in [7, 11) is 1.64. The lowest BCUT2D eigenvalue weighted by Gasteiger charge is -2.34. The molecule has 2 aromatic carbocycles. The SMILES string of the molecule is COc1ccccc1C1Cc2ccc(N3CCN[C@@H](C)C3)cc2C(=O)O1. The summed E-state index contributed by atoms with van der Waals surface area (Å²) >= 11 is 0. The van der Waals surface area contributed by atoms with Crippen LogP contribution in [0, 0.1) is 0 Å². The molecule has 0 bridgehead atoms. The number of methoxy groups -OCH3 is 1. The molecule has 2 aliphatic heterocycles. The third-order valence-corrected chi connectivity index (χ3v) is 5.19. The Bertz CT molecular complexity index is 821. The Morgan fingerprint density at radius 2 is 2.08 bits per heavy atom. The number of piperazine rings is 1. The molecule has 1 N–H and O–H groups in total. The average Bonchev–Trinajstić information content (AvgIpc) is 2.67. The molecule has 0 aromatic heterocycles. The molecule has 0 aliphatic carbocycles. The van der Waals surface area contributed by atoms with Gasteiger partial charge in [-0.3, -0.25) is 0 Å². The fraction of sp³-hybridized carbons (Fsp3) is 0.381. The van der Waals surface area contributed by atoms with E-state index in [0.29, 0.717) is 18.0 Å². The largest absolute Gasteiger partial charge is 0.496 e. The van der Waals surface area contributed by atoms with Gasteiger partial charge in [0.05, 0.1) is 12.7 Å². The summed E-state index contributed by atoms with van der Waals surface area (Å²) in [5, 5.41) is 3.44. The van der Waals surface area contributed by atoms with Crippen molar-refractivity contribution in [3.05, 3.63) is 59.2 Å². The van der Waals surface area contributed by atoms with E-state index in [-0.39, 0.29) is 12.1 Å². The standard InChI is InChI=1S/C21H24N2O3/c1-14-13-23(10-9-22-14)16-8-7-15-11-20(26-21(24)18(15)12-16)17-5-3-4-6-19(17)25-2/h3-8,12,14,20,22H,9-11,13H2,1-2H3/t14-,20?/m0/s1. The number of carbonyl (C=O) groups excluding carboxylic acids is 1. The summed E-state index contributed by atoms with van der Waals surface area (Å²) in [4.78, 5) is 15.0. The number of esters is 1. The number of rotatable bonds is 3. The number of nitrogens with zero attached hydrogens (tertiary/aromatic N) is 1. The fourth-order valence-electron chi connectivity index (χ4n) is 3.84. The number of carbonyl (C=O) groups is 1. The minimum atomic E-state index is -0.309. The molecule has 2 aromatic rings. The zero-order valence-electron chi connectivity index (χ0n) is 15.2. The van der Waals surface area contributed by atoms with Gasteiger partial charge in [-0.2, -0.15) is 0 Å². The Hall–Kier alpha value is -2.53. The van der Waals surface area contributed by atoms with Gasteiger partial charge in [0.25, 0.3) is 0 Å². The van der Waals surface area contributed by atoms with Gasteiger partial charge in [0, 0.05) is 43.3 Å². The molecule has 5 nitrogen and oxygen atoms in total. The Labute approximate surface area is 153 Å². The van der Waals surface area contributed by atoms with Gasteiger partial charge in [0.1, 0.15) is 11.9 Å². The lowest BCUT2D eigenvalue weighted by atomic mass is 9.93. The molecule has 4 rings (SSSR count). The summed E-state index contributed by atoms with van der Waals surface area (Å²) in [6, 6.07) is 14.3. The van der Waals surface area contributed by atoms with Crippen molar-refractivity contribution < 1.29 is 14.3 Å². The van der Waals surface area contributed by atoms with Crippen molar-refractivity contribution >= 4 is 11.7 Å². The maximum Gasteiger partial charge on any atom is 0.339 e. The molecule has 2 atom stereocenters. The number of benzene rings is 2. The van der Waals surface area contributed by atoms with Crippen molar-refractivity contribution in [1.29, 1.82) is 0 Å². The van der Waals surface area contributed by atoms with Crippen molar-refractivity contribution in [2.45, 2.75) is 25.5 Å². The van der Waals surface area contributed by atoms with Crippen molar-refractivity contribution in [2.24, 2.45) is 0 Å². The highest BCUT2D eigenvalue weighted by atomic mass is 16.5. The van der Waals surface area contributed by atoms with Gasteiger partial charge < -0.3 is 19.7 Å². The number of hydrogen-bond acceptors (Lipinski definition) is 5. The maximum atomic E-state index is 12.7. The van der Waals surface area contributed by atoms with Crippen LogP contribution in [0.1, 0.15) is 34.5 Å². The topological polar surface area (TPSA) is 50.8 Å². The third-order valence-electron chi connectivity index (χ3n) is 5.19. The number of cyclic esters (lactones) is 1. The molecule has 1 fully saturated rings. The summed E-state index contributed by atoms with van der Waals surface area (Å²) < 4.78 is 11.2. The Kier molecular flexibility index (Phi) is 4.55. The second kappa shape index (κ2) is 7.00. The molecule has 0 saturated carbocycles. The number of para-hydroxylation sites is 1. The first kappa shape index (κ1) is 16.9. The number of ether oxygens (including phenoxy) is 2. The van der Waals surface area contributed by atoms with Gasteiger partial charge in [-0.1, -0.05) is 24.3 Å². The molecular formula is C21H24N2O3. The van der Waals surface area contributed by atoms with Crippen LogP contribution in [0.25, 0.3) is 0 Å². The maximum absolute atomic E-state index is 12.7. The van der Waals surface area contributed by atoms with Crippen molar-refractivity contribution in [3.8, 4) is 5.75 Å². The van der Waals surface area contributed by atoms with Crippen LogP contribution < -0.4 is 15.0 Å². The highest BCUT2D eigenvalue weighted by Crippen LogP contribution is 2.36. The molecule has 1 saturated heterocycles. The second-order valence-electron chi connectivity index (χ2n) is 6.98. The monoisotopic (exact) mass is 352 g/mol. The van der Waals surface area contributed by atoms with Crippen LogP contribution in [0.15, 0.2) is 42.5 Å². The van der Waals surface area contributed by atoms with Crippen LogP contribution in [0.5, 0.6) is 5.75 Å². The van der Waals surface area contributed by atoms with Crippen LogP contribution in [0.2, 0.25) is 0 Å². The van der Waals surface area contributed by atoms with Crippen LogP contribution in [0.4, 0.5) is 5.69 Å². The van der Waals surface area contributed by atoms with Gasteiger partial charge >= 0.3 is 5.97 Å². The second-order valence-corrected chi connectivity index (χ2v) is 6.98. The zero-order valence-corrected chi connectivity index (χ0v) is 15.2. The Morgan fingerprint density at radius 3 is 2.88 bits per heavy atom. The smallest absolute Gasteiger partial charge is 0.339 e. The minimum absolute atomic E-state index is 0.257. The number of anilines is 1. The van der Waals surface area contributed by atoms with E-state index >= 15 is 0 Å². The van der Waals surface area contributed by atoms with Crippen LogP contribution >= 0.6 is 0 Å². The first-order chi connectivity index (χ1) is 12.7. The van der Waals surface area contributed by atoms with E-state index in [2.05, 4.69) is 29.3 Å². The van der Waals surface area contributed by atoms with Gasteiger partial charge in [0.2, 0.25) is 0 Å². The first-order valence-corrected chi connectivity index (χ1v) is 9.11. The average molecular weight is 352 g/mol. The minimum Gasteiger partial charge on any atom is -0.496 e. The number of hydrogen-bond donors (Lipinski definition) is 1. The summed E-state index contributed by atoms with van der Waals surface area (Å²) in [6.07, 6.45) is 0.357. The van der Waals surface area contributed by atoms with Crippen molar-refractivity contribution in [1.82, 2.24) is 5.32 Å². The highest BCUT2D eigenvalue weighted by molar-refractivity contribution is 5.93. The van der Waals surface area contributed by atoms with E-state index in [1.807, 2.05) is 30.3 Å². The normalized spacial score (nSPS) is 22.5. The van der Waals surface area contributed by atoms with Crippen LogP contribution in [-0.4, -0.2) is 38.8 Å². The first-order valence-electron chi connectivity index (χ1n) is 9.11. The third kappa shape index (κ3) is 3.15. The predicted octanol–water partition coefficient (Wildman–Crippen LogP) is 2.95. The van der Waals surface area contributed by atoms with E-state index in [9.17, 15) is 4.79 Å². The molecule has 0 amide bonds. The molecule has 136 valence electrons. The van der Waals surface area contributed by atoms with Crippen LogP contribution in [0.3, 0.4) is 0 Å². The van der Waals surface area contributed by atoms with Crippen LogP contribution in [-0.2, 0) is 11.2 Å². The Balaban J connectivity index is 1.61. The fourth-order valence-corrected chi connectivity index (χ4v) is 3.84.